The molecule has 3 atom stereocenters. The van der Waals surface area contributed by atoms with Crippen molar-refractivity contribution in [2.24, 2.45) is 0 Å². The number of likely N-dealkylation sites (tertiary alicyclic amines) is 1. The lowest BCUT2D eigenvalue weighted by molar-refractivity contribution is -0.143. The number of carbonyl (C=O) groups is 3. The lowest BCUT2D eigenvalue weighted by atomic mass is 10.0. The van der Waals surface area contributed by atoms with E-state index in [1.807, 2.05) is 0 Å². The first-order chi connectivity index (χ1) is 11.3. The third-order valence-electron chi connectivity index (χ3n) is 3.98. The number of phenols is 1. The number of nitrogens with zero attached hydrogens (tertiary/aromatic N) is 1. The summed E-state index contributed by atoms with van der Waals surface area (Å²) in [5.74, 6) is -2.10. The summed E-state index contributed by atoms with van der Waals surface area (Å²) in [5.41, 5.74) is 0.635. The van der Waals surface area contributed by atoms with Gasteiger partial charge in [0.2, 0.25) is 11.8 Å². The molecule has 8 heteroatoms. The van der Waals surface area contributed by atoms with Crippen LogP contribution < -0.4 is 5.32 Å². The van der Waals surface area contributed by atoms with E-state index >= 15 is 0 Å². The predicted molar refractivity (Wildman–Crippen MR) is 83.2 cm³/mol. The number of phenolic OH excluding ortho intramolecular Hbond substituents is 1. The summed E-state index contributed by atoms with van der Waals surface area (Å²) in [6.45, 7) is 1.35. The SMILES string of the molecule is CC(=O)N1CC(O)C[C@H]1C(=O)N[C@@H](Cc1ccc(O)cc1)C(=O)O. The van der Waals surface area contributed by atoms with Gasteiger partial charge in [0.15, 0.2) is 0 Å². The van der Waals surface area contributed by atoms with Crippen LogP contribution in [-0.4, -0.2) is 62.7 Å². The summed E-state index contributed by atoms with van der Waals surface area (Å²) in [4.78, 5) is 36.5. The highest BCUT2D eigenvalue weighted by Gasteiger charge is 2.38. The number of carbonyl (C=O) groups excluding carboxylic acids is 2. The number of amides is 2. The molecule has 1 fully saturated rings. The van der Waals surface area contributed by atoms with E-state index in [0.29, 0.717) is 5.56 Å². The van der Waals surface area contributed by atoms with Gasteiger partial charge in [-0.3, -0.25) is 9.59 Å². The Morgan fingerprint density at radius 2 is 1.92 bits per heavy atom. The first kappa shape index (κ1) is 17.7. The Kier molecular flexibility index (Phi) is 5.40. The average molecular weight is 336 g/mol. The molecule has 1 heterocycles. The number of hydrogen-bond acceptors (Lipinski definition) is 5. The molecule has 0 radical (unpaired) electrons. The van der Waals surface area contributed by atoms with Gasteiger partial charge in [0.05, 0.1) is 6.10 Å². The average Bonchev–Trinajstić information content (AvgIpc) is 2.91. The summed E-state index contributed by atoms with van der Waals surface area (Å²) < 4.78 is 0. The van der Waals surface area contributed by atoms with E-state index in [0.717, 1.165) is 0 Å². The van der Waals surface area contributed by atoms with Gasteiger partial charge in [-0.1, -0.05) is 12.1 Å². The van der Waals surface area contributed by atoms with Crippen LogP contribution in [0.5, 0.6) is 5.75 Å². The summed E-state index contributed by atoms with van der Waals surface area (Å²) in [6.07, 6.45) is -0.682. The standard InChI is InChI=1S/C16H20N2O6/c1-9(19)18-8-12(21)7-14(18)15(22)17-13(16(23)24)6-10-2-4-11(20)5-3-10/h2-5,12-14,20-21H,6-8H2,1H3,(H,17,22)(H,23,24)/t12?,13-,14-/m0/s1. The van der Waals surface area contributed by atoms with Crippen LogP contribution in [0.15, 0.2) is 24.3 Å². The number of aliphatic hydroxyl groups excluding tert-OH is 1. The van der Waals surface area contributed by atoms with Crippen LogP contribution in [0.3, 0.4) is 0 Å². The van der Waals surface area contributed by atoms with Crippen molar-refractivity contribution in [3.05, 3.63) is 29.8 Å². The first-order valence-corrected chi connectivity index (χ1v) is 7.54. The van der Waals surface area contributed by atoms with E-state index in [9.17, 15) is 29.7 Å². The minimum atomic E-state index is -1.20. The molecule has 1 unspecified atom stereocenters. The number of benzene rings is 1. The molecule has 0 bridgehead atoms. The van der Waals surface area contributed by atoms with Gasteiger partial charge in [-0.05, 0) is 17.7 Å². The summed E-state index contributed by atoms with van der Waals surface area (Å²) >= 11 is 0. The van der Waals surface area contributed by atoms with Gasteiger partial charge in [-0.2, -0.15) is 0 Å². The second kappa shape index (κ2) is 7.31. The van der Waals surface area contributed by atoms with Crippen molar-refractivity contribution in [3.8, 4) is 5.75 Å². The molecular formula is C16H20N2O6. The quantitative estimate of drug-likeness (QED) is 0.573. The van der Waals surface area contributed by atoms with E-state index in [1.54, 1.807) is 12.1 Å². The number of carboxylic acids is 1. The zero-order valence-corrected chi connectivity index (χ0v) is 13.2. The molecule has 0 aromatic heterocycles. The molecule has 1 aromatic rings. The Morgan fingerprint density at radius 1 is 1.29 bits per heavy atom. The van der Waals surface area contributed by atoms with E-state index in [1.165, 1.54) is 24.0 Å². The van der Waals surface area contributed by atoms with Crippen LogP contribution in [0.2, 0.25) is 0 Å². The highest BCUT2D eigenvalue weighted by Crippen LogP contribution is 2.19. The lowest BCUT2D eigenvalue weighted by Crippen LogP contribution is -2.51. The zero-order valence-electron chi connectivity index (χ0n) is 13.2. The van der Waals surface area contributed by atoms with Crippen molar-refractivity contribution in [1.82, 2.24) is 10.2 Å². The minimum Gasteiger partial charge on any atom is -0.508 e. The number of aliphatic carboxylic acids is 1. The molecule has 1 saturated heterocycles. The van der Waals surface area contributed by atoms with Crippen molar-refractivity contribution >= 4 is 17.8 Å². The Labute approximate surface area is 138 Å². The maximum Gasteiger partial charge on any atom is 0.326 e. The molecule has 130 valence electrons. The minimum absolute atomic E-state index is 0.0384. The van der Waals surface area contributed by atoms with Crippen molar-refractivity contribution in [1.29, 1.82) is 0 Å². The predicted octanol–water partition coefficient (Wildman–Crippen LogP) is -0.514. The number of carboxylic acid groups (broad SMARTS) is 1. The highest BCUT2D eigenvalue weighted by atomic mass is 16.4. The molecule has 0 saturated carbocycles. The van der Waals surface area contributed by atoms with Crippen LogP contribution >= 0.6 is 0 Å². The number of aliphatic hydroxyl groups is 1. The third kappa shape index (κ3) is 4.23. The molecule has 1 aliphatic heterocycles. The fourth-order valence-corrected chi connectivity index (χ4v) is 2.75. The molecule has 2 rings (SSSR count). The number of nitrogens with one attached hydrogen (secondary N) is 1. The second-order valence-electron chi connectivity index (χ2n) is 5.85. The Morgan fingerprint density at radius 3 is 2.46 bits per heavy atom. The van der Waals surface area contributed by atoms with Gasteiger partial charge < -0.3 is 25.5 Å². The Hall–Kier alpha value is -2.61. The lowest BCUT2D eigenvalue weighted by Gasteiger charge is -2.24. The molecule has 1 aromatic carbocycles. The molecule has 2 amide bonds. The van der Waals surface area contributed by atoms with E-state index < -0.39 is 30.1 Å². The molecule has 0 spiro atoms. The maximum absolute atomic E-state index is 12.3. The fourth-order valence-electron chi connectivity index (χ4n) is 2.75. The molecule has 8 nitrogen and oxygen atoms in total. The summed E-state index contributed by atoms with van der Waals surface area (Å²) in [5, 5.41) is 30.6. The molecule has 0 aliphatic carbocycles. The number of aromatic hydroxyl groups is 1. The smallest absolute Gasteiger partial charge is 0.326 e. The van der Waals surface area contributed by atoms with Gasteiger partial charge in [0.25, 0.3) is 0 Å². The largest absolute Gasteiger partial charge is 0.508 e. The Balaban J connectivity index is 2.06. The number of rotatable bonds is 5. The Bertz CT molecular complexity index is 630. The van der Waals surface area contributed by atoms with Crippen LogP contribution in [0.1, 0.15) is 18.9 Å². The molecule has 1 aliphatic rings. The van der Waals surface area contributed by atoms with Crippen molar-refractivity contribution in [2.75, 3.05) is 6.54 Å². The second-order valence-corrected chi connectivity index (χ2v) is 5.85. The topological polar surface area (TPSA) is 127 Å². The number of β-amino-alcohol motifs (C(OH)–C–C–N with tert-alkyl or cyclic N) is 1. The van der Waals surface area contributed by atoms with Crippen LogP contribution in [-0.2, 0) is 20.8 Å². The van der Waals surface area contributed by atoms with Gasteiger partial charge in [-0.15, -0.1) is 0 Å². The summed E-state index contributed by atoms with van der Waals surface area (Å²) in [7, 11) is 0. The summed E-state index contributed by atoms with van der Waals surface area (Å²) in [6, 6.07) is 3.95. The van der Waals surface area contributed by atoms with Crippen LogP contribution in [0.4, 0.5) is 0 Å². The maximum atomic E-state index is 12.3. The first-order valence-electron chi connectivity index (χ1n) is 7.54. The van der Waals surface area contributed by atoms with Gasteiger partial charge in [0, 0.05) is 26.3 Å². The zero-order chi connectivity index (χ0) is 17.9. The van der Waals surface area contributed by atoms with Crippen LogP contribution in [0, 0.1) is 0 Å². The van der Waals surface area contributed by atoms with E-state index in [-0.39, 0.29) is 31.0 Å². The molecule has 4 N–H and O–H groups in total. The third-order valence-corrected chi connectivity index (χ3v) is 3.98. The van der Waals surface area contributed by atoms with Crippen molar-refractivity contribution in [3.63, 3.8) is 0 Å². The van der Waals surface area contributed by atoms with E-state index in [2.05, 4.69) is 5.32 Å². The van der Waals surface area contributed by atoms with E-state index in [4.69, 9.17) is 0 Å². The highest BCUT2D eigenvalue weighted by molar-refractivity contribution is 5.90. The number of hydrogen-bond donors (Lipinski definition) is 4. The molecular weight excluding hydrogens is 316 g/mol. The fraction of sp³-hybridized carbons (Fsp3) is 0.438. The van der Waals surface area contributed by atoms with Gasteiger partial charge in [-0.25, -0.2) is 4.79 Å². The van der Waals surface area contributed by atoms with Crippen molar-refractivity contribution in [2.45, 2.75) is 38.0 Å². The van der Waals surface area contributed by atoms with Crippen molar-refractivity contribution < 1.29 is 29.7 Å². The monoisotopic (exact) mass is 336 g/mol. The van der Waals surface area contributed by atoms with Crippen LogP contribution in [0.25, 0.3) is 0 Å². The molecule has 24 heavy (non-hydrogen) atoms. The van der Waals surface area contributed by atoms with Gasteiger partial charge >= 0.3 is 5.97 Å². The normalized spacial score (nSPS) is 21.3. The van der Waals surface area contributed by atoms with Gasteiger partial charge in [0.1, 0.15) is 17.8 Å².